The first kappa shape index (κ1) is 28.2. The summed E-state index contributed by atoms with van der Waals surface area (Å²) >= 11 is 0. The lowest BCUT2D eigenvalue weighted by Gasteiger charge is -2.06. The van der Waals surface area contributed by atoms with E-state index in [4.69, 9.17) is 9.47 Å². The van der Waals surface area contributed by atoms with Crippen molar-refractivity contribution in [3.05, 3.63) is 35.9 Å². The summed E-state index contributed by atoms with van der Waals surface area (Å²) in [7, 11) is 0. The minimum Gasteiger partial charge on any atom is -0.381 e. The molecule has 0 spiro atoms. The third-order valence-electron chi connectivity index (χ3n) is 6.08. The van der Waals surface area contributed by atoms with Crippen LogP contribution in [0.5, 0.6) is 0 Å². The average molecular weight is 433 g/mol. The number of unbranched alkanes of at least 4 members (excludes halogenated alkanes) is 16. The monoisotopic (exact) mass is 432 g/mol. The van der Waals surface area contributed by atoms with Crippen molar-refractivity contribution in [1.29, 1.82) is 0 Å². The van der Waals surface area contributed by atoms with E-state index >= 15 is 0 Å². The van der Waals surface area contributed by atoms with Crippen molar-refractivity contribution in [2.45, 2.75) is 129 Å². The van der Waals surface area contributed by atoms with Crippen molar-refractivity contribution in [3.63, 3.8) is 0 Å². The SMILES string of the molecule is CCCCCCCCCCCCCCCCCCOCCCCOCc1ccccc1. The number of hydrogen-bond donors (Lipinski definition) is 0. The van der Waals surface area contributed by atoms with Crippen LogP contribution in [0, 0.1) is 0 Å². The van der Waals surface area contributed by atoms with Crippen LogP contribution >= 0.6 is 0 Å². The van der Waals surface area contributed by atoms with Crippen molar-refractivity contribution in [3.8, 4) is 0 Å². The van der Waals surface area contributed by atoms with E-state index < -0.39 is 0 Å². The van der Waals surface area contributed by atoms with E-state index in [1.807, 2.05) is 6.07 Å². The summed E-state index contributed by atoms with van der Waals surface area (Å²) < 4.78 is 11.5. The highest BCUT2D eigenvalue weighted by Gasteiger charge is 1.96. The van der Waals surface area contributed by atoms with Gasteiger partial charge in [-0.15, -0.1) is 0 Å². The third kappa shape index (κ3) is 20.8. The van der Waals surface area contributed by atoms with E-state index in [-0.39, 0.29) is 0 Å². The summed E-state index contributed by atoms with van der Waals surface area (Å²) in [5, 5.41) is 0. The number of hydrogen-bond acceptors (Lipinski definition) is 2. The van der Waals surface area contributed by atoms with Crippen LogP contribution in [0.1, 0.15) is 128 Å². The van der Waals surface area contributed by atoms with Crippen LogP contribution in [-0.4, -0.2) is 19.8 Å². The predicted octanol–water partition coefficient (Wildman–Crippen LogP) is 9.26. The maximum absolute atomic E-state index is 5.76. The van der Waals surface area contributed by atoms with Gasteiger partial charge in [-0.3, -0.25) is 0 Å². The lowest BCUT2D eigenvalue weighted by molar-refractivity contribution is 0.0941. The highest BCUT2D eigenvalue weighted by Crippen LogP contribution is 2.13. The molecule has 0 bridgehead atoms. The van der Waals surface area contributed by atoms with Crippen LogP contribution in [-0.2, 0) is 16.1 Å². The molecule has 0 atom stereocenters. The second-order valence-corrected chi connectivity index (χ2v) is 9.16. The van der Waals surface area contributed by atoms with Gasteiger partial charge >= 0.3 is 0 Å². The Hall–Kier alpha value is -0.860. The molecule has 0 aromatic heterocycles. The molecular formula is C29H52O2. The molecule has 0 heterocycles. The van der Waals surface area contributed by atoms with Crippen LogP contribution in [0.3, 0.4) is 0 Å². The van der Waals surface area contributed by atoms with E-state index in [0.29, 0.717) is 0 Å². The first-order valence-electron chi connectivity index (χ1n) is 13.6. The quantitative estimate of drug-likeness (QED) is 0.151. The molecule has 0 fully saturated rings. The maximum atomic E-state index is 5.76. The van der Waals surface area contributed by atoms with E-state index in [1.165, 1.54) is 108 Å². The van der Waals surface area contributed by atoms with Gasteiger partial charge in [0.15, 0.2) is 0 Å². The fraction of sp³-hybridized carbons (Fsp3) is 0.793. The fourth-order valence-electron chi connectivity index (χ4n) is 4.03. The Labute approximate surface area is 194 Å². The highest BCUT2D eigenvalue weighted by atomic mass is 16.5. The molecule has 1 rings (SSSR count). The van der Waals surface area contributed by atoms with Crippen LogP contribution in [0.25, 0.3) is 0 Å². The Morgan fingerprint density at radius 3 is 1.32 bits per heavy atom. The average Bonchev–Trinajstić information content (AvgIpc) is 2.80. The molecule has 0 saturated heterocycles. The standard InChI is InChI=1S/C29H52O2/c1-2-3-4-5-6-7-8-9-10-11-12-13-14-15-16-20-25-30-26-21-22-27-31-28-29-23-18-17-19-24-29/h17-19,23-24H,2-16,20-22,25-28H2,1H3. The van der Waals surface area contributed by atoms with Crippen molar-refractivity contribution in [1.82, 2.24) is 0 Å². The van der Waals surface area contributed by atoms with Gasteiger partial charge in [0.25, 0.3) is 0 Å². The van der Waals surface area contributed by atoms with Gasteiger partial charge in [-0.1, -0.05) is 134 Å². The Morgan fingerprint density at radius 1 is 0.452 bits per heavy atom. The lowest BCUT2D eigenvalue weighted by atomic mass is 10.0. The summed E-state index contributed by atoms with van der Waals surface area (Å²) in [6.07, 6.45) is 24.9. The largest absolute Gasteiger partial charge is 0.381 e. The Bertz CT molecular complexity index is 445. The molecule has 1 aromatic carbocycles. The van der Waals surface area contributed by atoms with Gasteiger partial charge in [0.1, 0.15) is 0 Å². The van der Waals surface area contributed by atoms with Crippen molar-refractivity contribution < 1.29 is 9.47 Å². The summed E-state index contributed by atoms with van der Waals surface area (Å²) in [5.74, 6) is 0. The third-order valence-corrected chi connectivity index (χ3v) is 6.08. The molecule has 1 aromatic rings. The van der Waals surface area contributed by atoms with Gasteiger partial charge in [0.05, 0.1) is 6.61 Å². The molecule has 31 heavy (non-hydrogen) atoms. The van der Waals surface area contributed by atoms with Crippen LogP contribution in [0.4, 0.5) is 0 Å². The maximum Gasteiger partial charge on any atom is 0.0716 e. The van der Waals surface area contributed by atoms with E-state index in [0.717, 1.165) is 39.3 Å². The summed E-state index contributed by atoms with van der Waals surface area (Å²) in [5.41, 5.74) is 1.25. The molecular weight excluding hydrogens is 380 g/mol. The molecule has 0 N–H and O–H groups in total. The molecule has 0 saturated carbocycles. The molecule has 0 amide bonds. The van der Waals surface area contributed by atoms with Crippen molar-refractivity contribution in [2.24, 2.45) is 0 Å². The Balaban J connectivity index is 1.65. The second kappa shape index (κ2) is 23.8. The van der Waals surface area contributed by atoms with Crippen LogP contribution in [0.15, 0.2) is 30.3 Å². The molecule has 180 valence electrons. The Kier molecular flexibility index (Phi) is 21.6. The van der Waals surface area contributed by atoms with E-state index in [2.05, 4.69) is 31.2 Å². The van der Waals surface area contributed by atoms with Crippen LogP contribution in [0.2, 0.25) is 0 Å². The van der Waals surface area contributed by atoms with Gasteiger partial charge < -0.3 is 9.47 Å². The first-order chi connectivity index (χ1) is 15.4. The smallest absolute Gasteiger partial charge is 0.0716 e. The zero-order valence-corrected chi connectivity index (χ0v) is 20.8. The topological polar surface area (TPSA) is 18.5 Å². The molecule has 0 aliphatic rings. The molecule has 2 heteroatoms. The van der Waals surface area contributed by atoms with E-state index in [9.17, 15) is 0 Å². The summed E-state index contributed by atoms with van der Waals surface area (Å²) in [6.45, 7) is 5.66. The minimum absolute atomic E-state index is 0.723. The van der Waals surface area contributed by atoms with Gasteiger partial charge in [0, 0.05) is 19.8 Å². The van der Waals surface area contributed by atoms with Crippen molar-refractivity contribution in [2.75, 3.05) is 19.8 Å². The molecule has 0 aliphatic carbocycles. The van der Waals surface area contributed by atoms with Gasteiger partial charge in [-0.2, -0.15) is 0 Å². The highest BCUT2D eigenvalue weighted by molar-refractivity contribution is 5.13. The normalized spacial score (nSPS) is 11.3. The predicted molar refractivity (Wildman–Crippen MR) is 136 cm³/mol. The van der Waals surface area contributed by atoms with Crippen LogP contribution < -0.4 is 0 Å². The summed E-state index contributed by atoms with van der Waals surface area (Å²) in [4.78, 5) is 0. The second-order valence-electron chi connectivity index (χ2n) is 9.16. The minimum atomic E-state index is 0.723. The number of rotatable bonds is 24. The zero-order valence-electron chi connectivity index (χ0n) is 20.8. The van der Waals surface area contributed by atoms with Gasteiger partial charge in [0.2, 0.25) is 0 Å². The van der Waals surface area contributed by atoms with Gasteiger partial charge in [-0.25, -0.2) is 0 Å². The van der Waals surface area contributed by atoms with E-state index in [1.54, 1.807) is 0 Å². The van der Waals surface area contributed by atoms with Crippen molar-refractivity contribution >= 4 is 0 Å². The Morgan fingerprint density at radius 2 is 0.839 bits per heavy atom. The molecule has 0 aliphatic heterocycles. The molecule has 2 nitrogen and oxygen atoms in total. The molecule has 0 radical (unpaired) electrons. The molecule has 0 unspecified atom stereocenters. The van der Waals surface area contributed by atoms with Gasteiger partial charge in [-0.05, 0) is 24.8 Å². The number of benzene rings is 1. The lowest BCUT2D eigenvalue weighted by Crippen LogP contribution is -2.00. The number of ether oxygens (including phenoxy) is 2. The fourth-order valence-corrected chi connectivity index (χ4v) is 4.03. The zero-order chi connectivity index (χ0) is 22.1. The summed E-state index contributed by atoms with van der Waals surface area (Å²) in [6, 6.07) is 10.4. The first-order valence-corrected chi connectivity index (χ1v) is 13.6.